The number of fused-ring (bicyclic) bond motifs is 3. The SMILES string of the molecule is COc1c(O)c2c(c(O)c1OC(O)(O)O)C1N(CC2)CC(O)(CC(C)C)C(=O)C1(O)O. The Hall–Kier alpha value is -2.19. The molecule has 1 fully saturated rings. The zero-order valence-electron chi connectivity index (χ0n) is 17.2. The minimum absolute atomic E-state index is 0.00283. The molecule has 0 radical (unpaired) electrons. The second-order valence-corrected chi connectivity index (χ2v) is 8.44. The highest BCUT2D eigenvalue weighted by Gasteiger charge is 2.62. The number of carbonyl (C=O) groups excluding carboxylic acids is 1. The van der Waals surface area contributed by atoms with Crippen molar-refractivity contribution in [2.45, 2.75) is 50.3 Å². The van der Waals surface area contributed by atoms with E-state index in [9.17, 15) is 45.6 Å². The molecule has 0 spiro atoms. The minimum atomic E-state index is -3.77. The number of phenols is 2. The monoisotopic (exact) mass is 445 g/mol. The first-order chi connectivity index (χ1) is 14.1. The Morgan fingerprint density at radius 1 is 1.13 bits per heavy atom. The molecular formula is C19H27NO11. The maximum atomic E-state index is 12.9. The van der Waals surface area contributed by atoms with Crippen LogP contribution in [0, 0.1) is 5.92 Å². The zero-order chi connectivity index (χ0) is 23.5. The van der Waals surface area contributed by atoms with Gasteiger partial charge in [-0.05, 0) is 18.8 Å². The van der Waals surface area contributed by atoms with Crippen LogP contribution in [0.4, 0.5) is 0 Å². The Morgan fingerprint density at radius 3 is 2.26 bits per heavy atom. The number of phenolic OH excluding ortho intramolecular Hbond substituents is 2. The first-order valence-electron chi connectivity index (χ1n) is 9.61. The number of carbonyl (C=O) groups is 1. The molecule has 0 aromatic heterocycles. The number of hydrogen-bond acceptors (Lipinski definition) is 12. The number of aromatic hydroxyl groups is 2. The number of aliphatic hydroxyl groups is 6. The van der Waals surface area contributed by atoms with Gasteiger partial charge in [-0.15, -0.1) is 0 Å². The van der Waals surface area contributed by atoms with Crippen molar-refractivity contribution >= 4 is 5.78 Å². The summed E-state index contributed by atoms with van der Waals surface area (Å²) in [5, 5.41) is 81.4. The van der Waals surface area contributed by atoms with E-state index >= 15 is 0 Å². The third kappa shape index (κ3) is 3.80. The van der Waals surface area contributed by atoms with E-state index in [4.69, 9.17) is 4.74 Å². The van der Waals surface area contributed by atoms with Crippen molar-refractivity contribution in [1.29, 1.82) is 0 Å². The summed E-state index contributed by atoms with van der Waals surface area (Å²) in [5.74, 6) is -7.60. The highest BCUT2D eigenvalue weighted by Crippen LogP contribution is 2.56. The minimum Gasteiger partial charge on any atom is -0.504 e. The normalized spacial score (nSPS) is 25.9. The van der Waals surface area contributed by atoms with Crippen molar-refractivity contribution in [3.05, 3.63) is 11.1 Å². The van der Waals surface area contributed by atoms with E-state index in [0.717, 1.165) is 7.11 Å². The number of ketones is 1. The molecule has 0 bridgehead atoms. The largest absolute Gasteiger partial charge is 0.504 e. The summed E-state index contributed by atoms with van der Waals surface area (Å²) in [6.07, 6.45) is -3.76. The van der Waals surface area contributed by atoms with Crippen LogP contribution in [0.15, 0.2) is 0 Å². The Labute approximate surface area is 177 Å². The summed E-state index contributed by atoms with van der Waals surface area (Å²) >= 11 is 0. The van der Waals surface area contributed by atoms with Gasteiger partial charge in [0.25, 0.3) is 0 Å². The first kappa shape index (κ1) is 23.5. The lowest BCUT2D eigenvalue weighted by molar-refractivity contribution is -0.420. The highest BCUT2D eigenvalue weighted by atomic mass is 16.9. The van der Waals surface area contributed by atoms with Crippen LogP contribution in [-0.4, -0.2) is 89.3 Å². The fourth-order valence-electron chi connectivity index (χ4n) is 4.61. The Kier molecular flexibility index (Phi) is 5.64. The molecule has 12 heteroatoms. The lowest BCUT2D eigenvalue weighted by Crippen LogP contribution is -2.69. The molecule has 3 rings (SSSR count). The van der Waals surface area contributed by atoms with Gasteiger partial charge in [-0.2, -0.15) is 0 Å². The van der Waals surface area contributed by atoms with Gasteiger partial charge < -0.3 is 50.3 Å². The molecule has 0 amide bonds. The fourth-order valence-corrected chi connectivity index (χ4v) is 4.61. The molecule has 174 valence electrons. The third-order valence-corrected chi connectivity index (χ3v) is 5.58. The van der Waals surface area contributed by atoms with Crippen LogP contribution in [0.3, 0.4) is 0 Å². The number of rotatable bonds is 5. The predicted octanol–water partition coefficient (Wildman–Crippen LogP) is -1.99. The summed E-state index contributed by atoms with van der Waals surface area (Å²) < 4.78 is 9.43. The van der Waals surface area contributed by atoms with E-state index < -0.39 is 52.4 Å². The van der Waals surface area contributed by atoms with Crippen LogP contribution in [0.5, 0.6) is 23.0 Å². The Balaban J connectivity index is 2.21. The second kappa shape index (κ2) is 7.45. The predicted molar refractivity (Wildman–Crippen MR) is 101 cm³/mol. The number of hydrogen-bond donors (Lipinski definition) is 8. The van der Waals surface area contributed by atoms with Gasteiger partial charge in [0.1, 0.15) is 11.6 Å². The van der Waals surface area contributed by atoms with Gasteiger partial charge in [0.2, 0.25) is 23.1 Å². The van der Waals surface area contributed by atoms with Gasteiger partial charge >= 0.3 is 6.16 Å². The molecule has 2 atom stereocenters. The molecule has 2 unspecified atom stereocenters. The summed E-state index contributed by atoms with van der Waals surface area (Å²) in [7, 11) is 1.08. The first-order valence-corrected chi connectivity index (χ1v) is 9.61. The third-order valence-electron chi connectivity index (χ3n) is 5.58. The molecule has 12 nitrogen and oxygen atoms in total. The Morgan fingerprint density at radius 2 is 1.74 bits per heavy atom. The van der Waals surface area contributed by atoms with E-state index in [0.29, 0.717) is 0 Å². The van der Waals surface area contributed by atoms with Crippen molar-refractivity contribution in [1.82, 2.24) is 4.90 Å². The lowest BCUT2D eigenvalue weighted by Gasteiger charge is -2.52. The molecule has 2 aliphatic rings. The van der Waals surface area contributed by atoms with Crippen LogP contribution >= 0.6 is 0 Å². The van der Waals surface area contributed by atoms with E-state index in [1.165, 1.54) is 4.90 Å². The van der Waals surface area contributed by atoms with Gasteiger partial charge in [0.05, 0.1) is 7.11 Å². The summed E-state index contributed by atoms with van der Waals surface area (Å²) in [4.78, 5) is 14.3. The van der Waals surface area contributed by atoms with Gasteiger partial charge in [-0.25, -0.2) is 0 Å². The van der Waals surface area contributed by atoms with Gasteiger partial charge in [0, 0.05) is 24.2 Å². The second-order valence-electron chi connectivity index (χ2n) is 8.44. The molecule has 31 heavy (non-hydrogen) atoms. The molecule has 2 heterocycles. The van der Waals surface area contributed by atoms with E-state index in [2.05, 4.69) is 4.74 Å². The summed E-state index contributed by atoms with van der Waals surface area (Å²) in [6.45, 7) is 3.31. The van der Waals surface area contributed by atoms with Gasteiger partial charge in [-0.1, -0.05) is 13.8 Å². The van der Waals surface area contributed by atoms with Crippen molar-refractivity contribution in [2.24, 2.45) is 5.92 Å². The van der Waals surface area contributed by atoms with E-state index in [-0.39, 0.29) is 43.0 Å². The number of piperidine rings is 1. The molecule has 2 aliphatic heterocycles. The van der Waals surface area contributed by atoms with Crippen molar-refractivity contribution in [3.63, 3.8) is 0 Å². The number of benzene rings is 1. The van der Waals surface area contributed by atoms with Crippen LogP contribution in [0.25, 0.3) is 0 Å². The molecule has 1 aromatic carbocycles. The van der Waals surface area contributed by atoms with Gasteiger partial charge in [-0.3, -0.25) is 9.69 Å². The molecule has 0 aliphatic carbocycles. The van der Waals surface area contributed by atoms with E-state index in [1.54, 1.807) is 13.8 Å². The van der Waals surface area contributed by atoms with Crippen LogP contribution < -0.4 is 9.47 Å². The zero-order valence-corrected chi connectivity index (χ0v) is 17.2. The van der Waals surface area contributed by atoms with Crippen LogP contribution in [0.2, 0.25) is 0 Å². The molecule has 1 aromatic rings. The van der Waals surface area contributed by atoms with Crippen LogP contribution in [0.1, 0.15) is 37.4 Å². The molecule has 8 N–H and O–H groups in total. The molecule has 1 saturated heterocycles. The van der Waals surface area contributed by atoms with Gasteiger partial charge in [0.15, 0.2) is 11.5 Å². The fraction of sp³-hybridized carbons (Fsp3) is 0.632. The van der Waals surface area contributed by atoms with Crippen molar-refractivity contribution < 1.29 is 55.1 Å². The van der Waals surface area contributed by atoms with E-state index in [1.807, 2.05) is 0 Å². The maximum Gasteiger partial charge on any atom is 0.453 e. The summed E-state index contributed by atoms with van der Waals surface area (Å²) in [5.41, 5.74) is -2.42. The highest BCUT2D eigenvalue weighted by molar-refractivity contribution is 5.95. The Bertz CT molecular complexity index is 892. The van der Waals surface area contributed by atoms with Crippen molar-refractivity contribution in [3.8, 4) is 23.0 Å². The summed E-state index contributed by atoms with van der Waals surface area (Å²) in [6, 6.07) is -1.64. The standard InChI is InChI=1S/C19H27NO11/c1-8(2)6-17(24)7-20-5-4-9-10(15(20)18(25,26)16(17)23)12(22)14(31-19(27,28)29)13(30-3)11(9)21/h8,15,21-22,24-29H,4-7H2,1-3H3. The lowest BCUT2D eigenvalue weighted by atomic mass is 9.73. The quantitative estimate of drug-likeness (QED) is 0.184. The average molecular weight is 445 g/mol. The molecule has 0 saturated carbocycles. The molecular weight excluding hydrogens is 418 g/mol. The smallest absolute Gasteiger partial charge is 0.453 e. The van der Waals surface area contributed by atoms with Crippen LogP contribution in [-0.2, 0) is 11.2 Å². The number of methoxy groups -OCH3 is 1. The number of nitrogens with zero attached hydrogens (tertiary/aromatic N) is 1. The van der Waals surface area contributed by atoms with Crippen molar-refractivity contribution in [2.75, 3.05) is 20.2 Å². The topological polar surface area (TPSA) is 201 Å². The number of ether oxygens (including phenoxy) is 2. The maximum absolute atomic E-state index is 12.9. The average Bonchev–Trinajstić information content (AvgIpc) is 2.62. The number of Topliss-reactive ketones (excluding diaryl/α,β-unsaturated/α-hetero) is 1.